The highest BCUT2D eigenvalue weighted by Crippen LogP contribution is 2.29. The standard InChI is InChI=1S/C26H32N2O2.C7H8O3S/c1-3-5-20-29-25-16-12-23(13-17-25)28(27-22-10-8-7-9-11-22)24-14-18-26(19-15-24)30-21-6-4-2;1-6-2-4-7(5-3-6)11(8,9)10/h7-19,27H,3-6,20-21H2,1-2H3;2-5H,1H3,(H,8,9,10). The predicted molar refractivity (Wildman–Crippen MR) is 167 cm³/mol. The van der Waals surface area contributed by atoms with Crippen molar-refractivity contribution in [2.45, 2.75) is 51.3 Å². The smallest absolute Gasteiger partial charge is 0.294 e. The summed E-state index contributed by atoms with van der Waals surface area (Å²) in [6, 6.07) is 32.5. The minimum Gasteiger partial charge on any atom is -0.494 e. The maximum absolute atomic E-state index is 10.5. The number of ether oxygens (including phenoxy) is 2. The summed E-state index contributed by atoms with van der Waals surface area (Å²) >= 11 is 0. The molecule has 0 aliphatic carbocycles. The van der Waals surface area contributed by atoms with Crippen molar-refractivity contribution in [3.05, 3.63) is 109 Å². The van der Waals surface area contributed by atoms with Crippen molar-refractivity contribution in [2.75, 3.05) is 23.6 Å². The van der Waals surface area contributed by atoms with Crippen LogP contribution in [0.5, 0.6) is 11.5 Å². The largest absolute Gasteiger partial charge is 0.494 e. The van der Waals surface area contributed by atoms with Crippen LogP contribution in [0.3, 0.4) is 0 Å². The molecule has 0 aliphatic heterocycles. The molecule has 2 N–H and O–H groups in total. The normalized spacial score (nSPS) is 10.7. The van der Waals surface area contributed by atoms with E-state index in [4.69, 9.17) is 14.0 Å². The van der Waals surface area contributed by atoms with Gasteiger partial charge in [0.1, 0.15) is 11.5 Å². The summed E-state index contributed by atoms with van der Waals surface area (Å²) in [5.41, 5.74) is 7.54. The summed E-state index contributed by atoms with van der Waals surface area (Å²) in [7, 11) is -4.02. The van der Waals surface area contributed by atoms with Crippen LogP contribution < -0.4 is 19.9 Å². The Bertz CT molecular complexity index is 1340. The lowest BCUT2D eigenvalue weighted by atomic mass is 10.2. The first-order chi connectivity index (χ1) is 19.8. The molecule has 4 rings (SSSR count). The third kappa shape index (κ3) is 10.8. The second-order valence-electron chi connectivity index (χ2n) is 9.49. The molecule has 4 aromatic rings. The Kier molecular flexibility index (Phi) is 12.5. The number of hydrazine groups is 1. The van der Waals surface area contributed by atoms with Gasteiger partial charge in [-0.15, -0.1) is 0 Å². The summed E-state index contributed by atoms with van der Waals surface area (Å²) < 4.78 is 41.2. The van der Waals surface area contributed by atoms with E-state index >= 15 is 0 Å². The molecule has 0 aromatic heterocycles. The summed E-state index contributed by atoms with van der Waals surface area (Å²) in [5.74, 6) is 1.79. The summed E-state index contributed by atoms with van der Waals surface area (Å²) in [6.45, 7) is 7.68. The van der Waals surface area contributed by atoms with Gasteiger partial charge in [-0.2, -0.15) is 8.42 Å². The summed E-state index contributed by atoms with van der Waals surface area (Å²) in [6.07, 6.45) is 4.39. The molecule has 0 heterocycles. The van der Waals surface area contributed by atoms with E-state index < -0.39 is 10.1 Å². The van der Waals surface area contributed by atoms with Crippen LogP contribution in [0.25, 0.3) is 0 Å². The fraction of sp³-hybridized carbons (Fsp3) is 0.273. The number of hydrogen-bond acceptors (Lipinski definition) is 6. The lowest BCUT2D eigenvalue weighted by Crippen LogP contribution is -2.24. The quantitative estimate of drug-likeness (QED) is 0.0938. The summed E-state index contributed by atoms with van der Waals surface area (Å²) in [4.78, 5) is -0.0666. The van der Waals surface area contributed by atoms with Crippen molar-refractivity contribution in [1.29, 1.82) is 0 Å². The molecule has 7 nitrogen and oxygen atoms in total. The summed E-state index contributed by atoms with van der Waals surface area (Å²) in [5, 5.41) is 2.07. The molecule has 0 saturated heterocycles. The fourth-order valence-electron chi connectivity index (χ4n) is 3.68. The maximum atomic E-state index is 10.5. The first-order valence-electron chi connectivity index (χ1n) is 13.9. The molecule has 0 radical (unpaired) electrons. The van der Waals surface area contributed by atoms with Crippen LogP contribution >= 0.6 is 0 Å². The van der Waals surface area contributed by atoms with Crippen molar-refractivity contribution >= 4 is 27.2 Å². The second kappa shape index (κ2) is 16.3. The van der Waals surface area contributed by atoms with Gasteiger partial charge in [0.25, 0.3) is 10.1 Å². The van der Waals surface area contributed by atoms with Crippen LogP contribution in [0.1, 0.15) is 45.1 Å². The second-order valence-corrected chi connectivity index (χ2v) is 10.9. The Morgan fingerprint density at radius 3 is 1.56 bits per heavy atom. The van der Waals surface area contributed by atoms with Crippen molar-refractivity contribution in [3.8, 4) is 11.5 Å². The van der Waals surface area contributed by atoms with Crippen molar-refractivity contribution in [2.24, 2.45) is 0 Å². The van der Waals surface area contributed by atoms with E-state index in [1.165, 1.54) is 12.1 Å². The monoisotopic (exact) mass is 576 g/mol. The molecule has 4 aromatic carbocycles. The van der Waals surface area contributed by atoms with Gasteiger partial charge < -0.3 is 9.47 Å². The number of rotatable bonds is 13. The Labute approximate surface area is 244 Å². The van der Waals surface area contributed by atoms with Crippen LogP contribution in [-0.2, 0) is 10.1 Å². The predicted octanol–water partition coefficient (Wildman–Crippen LogP) is 8.45. The molecule has 0 atom stereocenters. The third-order valence-corrected chi connectivity index (χ3v) is 6.92. The highest BCUT2D eigenvalue weighted by molar-refractivity contribution is 7.85. The Morgan fingerprint density at radius 1 is 0.683 bits per heavy atom. The van der Waals surface area contributed by atoms with Gasteiger partial charge >= 0.3 is 0 Å². The topological polar surface area (TPSA) is 88.1 Å². The zero-order valence-corrected chi connectivity index (χ0v) is 24.8. The van der Waals surface area contributed by atoms with E-state index in [0.29, 0.717) is 0 Å². The molecular formula is C33H40N2O5S. The Balaban J connectivity index is 0.000000352. The molecular weight excluding hydrogens is 536 g/mol. The SMILES string of the molecule is CCCCOc1ccc(N(Nc2ccccc2)c2ccc(OCCCC)cc2)cc1.Cc1ccc(S(=O)(=O)O)cc1. The zero-order valence-electron chi connectivity index (χ0n) is 24.0. The van der Waals surface area contributed by atoms with E-state index in [1.54, 1.807) is 12.1 Å². The number of para-hydroxylation sites is 1. The van der Waals surface area contributed by atoms with Gasteiger partial charge in [0.05, 0.1) is 35.2 Å². The molecule has 218 valence electrons. The molecule has 0 unspecified atom stereocenters. The average Bonchev–Trinajstić information content (AvgIpc) is 2.98. The van der Waals surface area contributed by atoms with Gasteiger partial charge in [-0.05, 0) is 92.6 Å². The van der Waals surface area contributed by atoms with Gasteiger partial charge in [-0.3, -0.25) is 15.0 Å². The van der Waals surface area contributed by atoms with Crippen molar-refractivity contribution in [1.82, 2.24) is 0 Å². The number of unbranched alkanes of at least 4 members (excludes halogenated alkanes) is 2. The highest BCUT2D eigenvalue weighted by Gasteiger charge is 2.11. The minimum absolute atomic E-state index is 0.0666. The molecule has 0 bridgehead atoms. The zero-order chi connectivity index (χ0) is 29.5. The Hall–Kier alpha value is -4.01. The molecule has 41 heavy (non-hydrogen) atoms. The first-order valence-corrected chi connectivity index (χ1v) is 15.4. The van der Waals surface area contributed by atoms with Crippen LogP contribution in [0.4, 0.5) is 17.1 Å². The minimum atomic E-state index is -4.02. The fourth-order valence-corrected chi connectivity index (χ4v) is 4.16. The molecule has 0 fully saturated rings. The molecule has 8 heteroatoms. The van der Waals surface area contributed by atoms with E-state index in [-0.39, 0.29) is 4.90 Å². The Morgan fingerprint density at radius 2 is 1.15 bits per heavy atom. The molecule has 0 spiro atoms. The van der Waals surface area contributed by atoms with Crippen molar-refractivity contribution in [3.63, 3.8) is 0 Å². The van der Waals surface area contributed by atoms with E-state index in [9.17, 15) is 8.42 Å². The van der Waals surface area contributed by atoms with E-state index in [2.05, 4.69) is 60.7 Å². The van der Waals surface area contributed by atoms with Gasteiger partial charge in [-0.1, -0.05) is 62.6 Å². The van der Waals surface area contributed by atoms with Gasteiger partial charge in [0.2, 0.25) is 0 Å². The first kappa shape index (κ1) is 31.5. The number of benzene rings is 4. The highest BCUT2D eigenvalue weighted by atomic mass is 32.2. The number of nitrogens with one attached hydrogen (secondary N) is 1. The van der Waals surface area contributed by atoms with Gasteiger partial charge in [0.15, 0.2) is 0 Å². The van der Waals surface area contributed by atoms with Crippen LogP contribution in [0.2, 0.25) is 0 Å². The van der Waals surface area contributed by atoms with Gasteiger partial charge in [-0.25, -0.2) is 0 Å². The van der Waals surface area contributed by atoms with Gasteiger partial charge in [0, 0.05) is 0 Å². The third-order valence-electron chi connectivity index (χ3n) is 6.06. The average molecular weight is 577 g/mol. The van der Waals surface area contributed by atoms with Crippen LogP contribution in [0, 0.1) is 6.92 Å². The number of aryl methyl sites for hydroxylation is 1. The van der Waals surface area contributed by atoms with Crippen LogP contribution in [0.15, 0.2) is 108 Å². The van der Waals surface area contributed by atoms with E-state index in [1.807, 2.05) is 49.4 Å². The lowest BCUT2D eigenvalue weighted by Gasteiger charge is -2.27. The molecule has 0 aliphatic rings. The van der Waals surface area contributed by atoms with Crippen molar-refractivity contribution < 1.29 is 22.4 Å². The number of anilines is 3. The van der Waals surface area contributed by atoms with E-state index in [0.717, 1.165) is 73.0 Å². The molecule has 0 amide bonds. The van der Waals surface area contributed by atoms with Crippen LogP contribution in [-0.4, -0.2) is 26.2 Å². The lowest BCUT2D eigenvalue weighted by molar-refractivity contribution is 0.309. The maximum Gasteiger partial charge on any atom is 0.294 e. The molecule has 0 saturated carbocycles. The number of nitrogens with zero attached hydrogens (tertiary/aromatic N) is 1. The number of hydrogen-bond donors (Lipinski definition) is 2.